The Hall–Kier alpha value is -1.86. The van der Waals surface area contributed by atoms with E-state index < -0.39 is 0 Å². The topological polar surface area (TPSA) is 110 Å². The molecule has 20 heavy (non-hydrogen) atoms. The van der Waals surface area contributed by atoms with Crippen LogP contribution in [0.4, 0.5) is 11.8 Å². The SMILES string of the molecule is Cc1[nH]nc(-c2cc(N3CC[C@@H](N)C3)nc(N)n2)c1Cl. The number of hydrogen-bond donors (Lipinski definition) is 3. The summed E-state index contributed by atoms with van der Waals surface area (Å²) in [5.41, 5.74) is 13.7. The van der Waals surface area contributed by atoms with E-state index in [1.807, 2.05) is 13.0 Å². The molecule has 0 aromatic carbocycles. The van der Waals surface area contributed by atoms with E-state index >= 15 is 0 Å². The Morgan fingerprint density at radius 3 is 2.85 bits per heavy atom. The average molecular weight is 294 g/mol. The maximum absolute atomic E-state index is 6.20. The molecule has 0 aliphatic carbocycles. The zero-order valence-electron chi connectivity index (χ0n) is 11.1. The molecule has 0 unspecified atom stereocenters. The molecule has 2 aromatic rings. The molecule has 0 radical (unpaired) electrons. The van der Waals surface area contributed by atoms with Gasteiger partial charge in [0.25, 0.3) is 0 Å². The summed E-state index contributed by atoms with van der Waals surface area (Å²) in [6.07, 6.45) is 0.946. The van der Waals surface area contributed by atoms with Crippen LogP contribution < -0.4 is 16.4 Å². The van der Waals surface area contributed by atoms with Gasteiger partial charge < -0.3 is 16.4 Å². The van der Waals surface area contributed by atoms with Gasteiger partial charge in [0, 0.05) is 25.2 Å². The molecular weight excluding hydrogens is 278 g/mol. The fraction of sp³-hybridized carbons (Fsp3) is 0.417. The van der Waals surface area contributed by atoms with E-state index in [4.69, 9.17) is 23.1 Å². The number of nitrogens with zero attached hydrogens (tertiary/aromatic N) is 4. The number of nitrogen functional groups attached to an aromatic ring is 1. The summed E-state index contributed by atoms with van der Waals surface area (Å²) in [7, 11) is 0. The Morgan fingerprint density at radius 2 is 2.25 bits per heavy atom. The number of halogens is 1. The van der Waals surface area contributed by atoms with Crippen LogP contribution in [-0.2, 0) is 0 Å². The fourth-order valence-corrected chi connectivity index (χ4v) is 2.50. The molecular formula is C12H16ClN7. The van der Waals surface area contributed by atoms with E-state index in [0.29, 0.717) is 16.4 Å². The van der Waals surface area contributed by atoms with Crippen molar-refractivity contribution in [1.82, 2.24) is 20.2 Å². The van der Waals surface area contributed by atoms with Crippen molar-refractivity contribution < 1.29 is 0 Å². The highest BCUT2D eigenvalue weighted by Crippen LogP contribution is 2.29. The monoisotopic (exact) mass is 293 g/mol. The fourth-order valence-electron chi connectivity index (χ4n) is 2.32. The van der Waals surface area contributed by atoms with Gasteiger partial charge in [-0.15, -0.1) is 0 Å². The first-order valence-electron chi connectivity index (χ1n) is 6.40. The van der Waals surface area contributed by atoms with E-state index in [1.54, 1.807) is 0 Å². The van der Waals surface area contributed by atoms with E-state index in [-0.39, 0.29) is 12.0 Å². The molecule has 1 aliphatic rings. The average Bonchev–Trinajstić information content (AvgIpc) is 2.97. The highest BCUT2D eigenvalue weighted by molar-refractivity contribution is 6.33. The van der Waals surface area contributed by atoms with Crippen molar-refractivity contribution in [3.05, 3.63) is 16.8 Å². The van der Waals surface area contributed by atoms with Gasteiger partial charge in [0.2, 0.25) is 5.95 Å². The van der Waals surface area contributed by atoms with Gasteiger partial charge in [-0.2, -0.15) is 10.1 Å². The molecule has 1 aliphatic heterocycles. The van der Waals surface area contributed by atoms with Crippen LogP contribution in [0.1, 0.15) is 12.1 Å². The lowest BCUT2D eigenvalue weighted by atomic mass is 10.2. The second-order valence-corrected chi connectivity index (χ2v) is 5.35. The van der Waals surface area contributed by atoms with Crippen molar-refractivity contribution in [3.8, 4) is 11.4 Å². The lowest BCUT2D eigenvalue weighted by Crippen LogP contribution is -2.27. The van der Waals surface area contributed by atoms with Crippen LogP contribution in [0, 0.1) is 6.92 Å². The largest absolute Gasteiger partial charge is 0.368 e. The molecule has 1 saturated heterocycles. The van der Waals surface area contributed by atoms with Gasteiger partial charge >= 0.3 is 0 Å². The third-order valence-electron chi connectivity index (χ3n) is 3.39. The first-order chi connectivity index (χ1) is 9.54. The van der Waals surface area contributed by atoms with Crippen LogP contribution in [0.25, 0.3) is 11.4 Å². The minimum absolute atomic E-state index is 0.172. The Morgan fingerprint density at radius 1 is 1.45 bits per heavy atom. The van der Waals surface area contributed by atoms with Crippen LogP contribution >= 0.6 is 11.6 Å². The molecule has 0 spiro atoms. The number of anilines is 2. The van der Waals surface area contributed by atoms with Gasteiger partial charge in [0.05, 0.1) is 16.4 Å². The van der Waals surface area contributed by atoms with Gasteiger partial charge in [-0.1, -0.05) is 11.6 Å². The van der Waals surface area contributed by atoms with Gasteiger partial charge in [0.15, 0.2) is 0 Å². The van der Waals surface area contributed by atoms with Crippen molar-refractivity contribution in [1.29, 1.82) is 0 Å². The third-order valence-corrected chi connectivity index (χ3v) is 3.86. The summed E-state index contributed by atoms with van der Waals surface area (Å²) in [5.74, 6) is 0.965. The smallest absolute Gasteiger partial charge is 0.222 e. The molecule has 0 saturated carbocycles. The molecule has 3 rings (SSSR count). The molecule has 106 valence electrons. The van der Waals surface area contributed by atoms with Crippen LogP contribution in [0.2, 0.25) is 5.02 Å². The van der Waals surface area contributed by atoms with Crippen LogP contribution in [-0.4, -0.2) is 39.3 Å². The molecule has 3 heterocycles. The number of rotatable bonds is 2. The van der Waals surface area contributed by atoms with Gasteiger partial charge in [-0.25, -0.2) is 4.98 Å². The highest BCUT2D eigenvalue weighted by Gasteiger charge is 2.22. The molecule has 1 fully saturated rings. The molecule has 7 nitrogen and oxygen atoms in total. The number of hydrogen-bond acceptors (Lipinski definition) is 6. The summed E-state index contributed by atoms with van der Waals surface area (Å²) in [4.78, 5) is 10.6. The molecule has 8 heteroatoms. The lowest BCUT2D eigenvalue weighted by Gasteiger charge is -2.17. The zero-order chi connectivity index (χ0) is 14.3. The van der Waals surface area contributed by atoms with Gasteiger partial charge in [-0.3, -0.25) is 5.10 Å². The molecule has 2 aromatic heterocycles. The minimum atomic E-state index is 0.172. The number of aromatic nitrogens is 4. The molecule has 1 atom stereocenters. The van der Waals surface area contributed by atoms with Crippen molar-refractivity contribution in [2.45, 2.75) is 19.4 Å². The lowest BCUT2D eigenvalue weighted by molar-refractivity contribution is 0.751. The first kappa shape index (κ1) is 13.1. The number of aryl methyl sites for hydroxylation is 1. The van der Waals surface area contributed by atoms with Crippen molar-refractivity contribution in [3.63, 3.8) is 0 Å². The predicted octanol–water partition coefficient (Wildman–Crippen LogP) is 0.948. The van der Waals surface area contributed by atoms with Crippen molar-refractivity contribution >= 4 is 23.4 Å². The van der Waals surface area contributed by atoms with Crippen LogP contribution in [0.15, 0.2) is 6.07 Å². The number of H-pyrrole nitrogens is 1. The van der Waals surface area contributed by atoms with E-state index in [2.05, 4.69) is 25.1 Å². The molecule has 5 N–H and O–H groups in total. The summed E-state index contributed by atoms with van der Waals surface area (Å²) in [5, 5.41) is 7.55. The molecule has 0 bridgehead atoms. The Kier molecular flexibility index (Phi) is 3.23. The predicted molar refractivity (Wildman–Crippen MR) is 78.6 cm³/mol. The number of nitrogens with one attached hydrogen (secondary N) is 1. The number of aromatic amines is 1. The summed E-state index contributed by atoms with van der Waals surface area (Å²) >= 11 is 6.20. The normalized spacial score (nSPS) is 18.8. The van der Waals surface area contributed by atoms with Crippen molar-refractivity contribution in [2.24, 2.45) is 5.73 Å². The second-order valence-electron chi connectivity index (χ2n) is 4.98. The van der Waals surface area contributed by atoms with E-state index in [0.717, 1.165) is 31.0 Å². The first-order valence-corrected chi connectivity index (χ1v) is 6.78. The standard InChI is InChI=1S/C12H16ClN7/c1-6-10(13)11(19-18-6)8-4-9(17-12(15)16-8)20-3-2-7(14)5-20/h4,7H,2-3,5,14H2,1H3,(H,18,19)(H2,15,16,17)/t7-/m1/s1. The minimum Gasteiger partial charge on any atom is -0.368 e. The molecule has 0 amide bonds. The van der Waals surface area contributed by atoms with E-state index in [9.17, 15) is 0 Å². The Balaban J connectivity index is 2.00. The maximum atomic E-state index is 6.20. The number of nitrogens with two attached hydrogens (primary N) is 2. The summed E-state index contributed by atoms with van der Waals surface area (Å²) in [6, 6.07) is 2.02. The zero-order valence-corrected chi connectivity index (χ0v) is 11.9. The van der Waals surface area contributed by atoms with E-state index in [1.165, 1.54) is 0 Å². The van der Waals surface area contributed by atoms with Crippen LogP contribution in [0.3, 0.4) is 0 Å². The Bertz CT molecular complexity index is 639. The van der Waals surface area contributed by atoms with Gasteiger partial charge in [-0.05, 0) is 13.3 Å². The summed E-state index contributed by atoms with van der Waals surface area (Å²) in [6.45, 7) is 3.48. The van der Waals surface area contributed by atoms with Crippen molar-refractivity contribution in [2.75, 3.05) is 23.7 Å². The van der Waals surface area contributed by atoms with Gasteiger partial charge in [0.1, 0.15) is 11.5 Å². The highest BCUT2D eigenvalue weighted by atomic mass is 35.5. The second kappa shape index (κ2) is 4.92. The van der Waals surface area contributed by atoms with Crippen LogP contribution in [0.5, 0.6) is 0 Å². The quantitative estimate of drug-likeness (QED) is 0.760. The maximum Gasteiger partial charge on any atom is 0.222 e. The third kappa shape index (κ3) is 2.30. The summed E-state index contributed by atoms with van der Waals surface area (Å²) < 4.78 is 0. The Labute approximate surface area is 121 Å².